The monoisotopic (exact) mass is 308 g/mol. The smallest absolute Gasteiger partial charge is 0.273 e. The van der Waals surface area contributed by atoms with E-state index in [1.54, 1.807) is 24.4 Å². The van der Waals surface area contributed by atoms with Crippen molar-refractivity contribution in [1.82, 2.24) is 14.8 Å². The van der Waals surface area contributed by atoms with Gasteiger partial charge in [0.15, 0.2) is 5.82 Å². The van der Waals surface area contributed by atoms with Crippen LogP contribution in [0.2, 0.25) is 0 Å². The highest BCUT2D eigenvalue weighted by Gasteiger charge is 2.15. The second-order valence-corrected chi connectivity index (χ2v) is 5.02. The van der Waals surface area contributed by atoms with E-state index in [9.17, 15) is 4.79 Å². The van der Waals surface area contributed by atoms with E-state index in [1.165, 1.54) is 0 Å². The molecule has 1 N–H and O–H groups in total. The Hall–Kier alpha value is -1.69. The Balaban J connectivity index is 2.24. The third-order valence-electron chi connectivity index (χ3n) is 2.42. The van der Waals surface area contributed by atoms with Crippen molar-refractivity contribution in [2.45, 2.75) is 19.9 Å². The summed E-state index contributed by atoms with van der Waals surface area (Å²) in [6.45, 7) is 4.04. The van der Waals surface area contributed by atoms with Crippen molar-refractivity contribution in [3.8, 4) is 0 Å². The molecular formula is C12H13BrN4O. The number of carbonyl (C=O) groups excluding carboxylic acids is 1. The molecule has 94 valence electrons. The number of nitrogens with zero attached hydrogens (tertiary/aromatic N) is 3. The first-order chi connectivity index (χ1) is 8.58. The minimum atomic E-state index is -0.199. The quantitative estimate of drug-likeness (QED) is 0.948. The van der Waals surface area contributed by atoms with E-state index in [-0.39, 0.29) is 11.9 Å². The highest BCUT2D eigenvalue weighted by Crippen LogP contribution is 2.20. The summed E-state index contributed by atoms with van der Waals surface area (Å²) >= 11 is 3.38. The Labute approximate surface area is 113 Å². The van der Waals surface area contributed by atoms with E-state index in [0.29, 0.717) is 11.5 Å². The molecule has 0 aromatic carbocycles. The minimum absolute atomic E-state index is 0.199. The molecule has 0 radical (unpaired) electrons. The van der Waals surface area contributed by atoms with Crippen molar-refractivity contribution in [2.24, 2.45) is 0 Å². The fourth-order valence-corrected chi connectivity index (χ4v) is 2.04. The van der Waals surface area contributed by atoms with Gasteiger partial charge in [0.1, 0.15) is 5.69 Å². The zero-order chi connectivity index (χ0) is 13.1. The van der Waals surface area contributed by atoms with Gasteiger partial charge in [0.25, 0.3) is 5.91 Å². The molecule has 2 heterocycles. The normalized spacial score (nSPS) is 10.7. The van der Waals surface area contributed by atoms with E-state index in [0.717, 1.165) is 4.47 Å². The van der Waals surface area contributed by atoms with E-state index >= 15 is 0 Å². The SMILES string of the molecule is CC(C)n1cc(Br)cc1C(=O)Nc1cccnn1. The molecule has 0 aliphatic carbocycles. The van der Waals surface area contributed by atoms with Crippen LogP contribution in [0, 0.1) is 0 Å². The van der Waals surface area contributed by atoms with Gasteiger partial charge in [0.2, 0.25) is 0 Å². The number of anilines is 1. The van der Waals surface area contributed by atoms with Crippen molar-refractivity contribution in [1.29, 1.82) is 0 Å². The number of carbonyl (C=O) groups is 1. The Morgan fingerprint density at radius 3 is 2.89 bits per heavy atom. The van der Waals surface area contributed by atoms with Gasteiger partial charge in [-0.25, -0.2) is 0 Å². The molecule has 0 aliphatic rings. The van der Waals surface area contributed by atoms with Gasteiger partial charge in [-0.1, -0.05) is 0 Å². The number of hydrogen-bond acceptors (Lipinski definition) is 3. The Bertz CT molecular complexity index is 550. The molecule has 0 atom stereocenters. The highest BCUT2D eigenvalue weighted by molar-refractivity contribution is 9.10. The molecule has 18 heavy (non-hydrogen) atoms. The summed E-state index contributed by atoms with van der Waals surface area (Å²) in [7, 11) is 0. The van der Waals surface area contributed by atoms with Crippen LogP contribution in [-0.4, -0.2) is 20.7 Å². The third-order valence-corrected chi connectivity index (χ3v) is 2.85. The average Bonchev–Trinajstić information content (AvgIpc) is 2.73. The summed E-state index contributed by atoms with van der Waals surface area (Å²) in [4.78, 5) is 12.1. The van der Waals surface area contributed by atoms with E-state index < -0.39 is 0 Å². The first-order valence-electron chi connectivity index (χ1n) is 5.54. The fourth-order valence-electron chi connectivity index (χ4n) is 1.60. The van der Waals surface area contributed by atoms with Crippen LogP contribution >= 0.6 is 15.9 Å². The van der Waals surface area contributed by atoms with Crippen LogP contribution in [0.1, 0.15) is 30.4 Å². The fraction of sp³-hybridized carbons (Fsp3) is 0.250. The first kappa shape index (κ1) is 12.8. The van der Waals surface area contributed by atoms with Gasteiger partial charge < -0.3 is 9.88 Å². The molecule has 0 aliphatic heterocycles. The van der Waals surface area contributed by atoms with Gasteiger partial charge in [0.05, 0.1) is 0 Å². The summed E-state index contributed by atoms with van der Waals surface area (Å²) in [6.07, 6.45) is 3.44. The van der Waals surface area contributed by atoms with Gasteiger partial charge in [-0.05, 0) is 48.0 Å². The summed E-state index contributed by atoms with van der Waals surface area (Å²) in [5.74, 6) is 0.241. The molecule has 0 saturated carbocycles. The van der Waals surface area contributed by atoms with Crippen molar-refractivity contribution >= 4 is 27.7 Å². The van der Waals surface area contributed by atoms with Gasteiger partial charge in [-0.3, -0.25) is 4.79 Å². The molecule has 5 nitrogen and oxygen atoms in total. The molecule has 1 amide bonds. The van der Waals surface area contributed by atoms with Crippen LogP contribution in [-0.2, 0) is 0 Å². The zero-order valence-corrected chi connectivity index (χ0v) is 11.7. The maximum absolute atomic E-state index is 12.1. The number of rotatable bonds is 3. The van der Waals surface area contributed by atoms with E-state index in [1.807, 2.05) is 24.6 Å². The van der Waals surface area contributed by atoms with Crippen LogP contribution in [0.5, 0.6) is 0 Å². The minimum Gasteiger partial charge on any atom is -0.340 e. The Morgan fingerprint density at radius 2 is 2.28 bits per heavy atom. The molecule has 0 unspecified atom stereocenters. The summed E-state index contributed by atoms with van der Waals surface area (Å²) < 4.78 is 2.77. The van der Waals surface area contributed by atoms with Gasteiger partial charge in [-0.15, -0.1) is 5.10 Å². The molecule has 0 bridgehead atoms. The highest BCUT2D eigenvalue weighted by atomic mass is 79.9. The van der Waals surface area contributed by atoms with Gasteiger partial charge >= 0.3 is 0 Å². The lowest BCUT2D eigenvalue weighted by Crippen LogP contribution is -2.18. The standard InChI is InChI=1S/C12H13BrN4O/c1-8(2)17-7-9(13)6-10(17)12(18)15-11-4-3-5-14-16-11/h3-8H,1-2H3,(H,15,16,18). The van der Waals surface area contributed by atoms with Crippen molar-refractivity contribution < 1.29 is 4.79 Å². The van der Waals surface area contributed by atoms with Crippen LogP contribution in [0.15, 0.2) is 35.1 Å². The summed E-state index contributed by atoms with van der Waals surface area (Å²) in [5, 5.41) is 10.2. The summed E-state index contributed by atoms with van der Waals surface area (Å²) in [6, 6.07) is 5.41. The molecule has 2 aromatic heterocycles. The van der Waals surface area contributed by atoms with Crippen molar-refractivity contribution in [3.05, 3.63) is 40.8 Å². The molecule has 6 heteroatoms. The van der Waals surface area contributed by atoms with Crippen molar-refractivity contribution in [2.75, 3.05) is 5.32 Å². The van der Waals surface area contributed by atoms with Gasteiger partial charge in [-0.2, -0.15) is 5.10 Å². The lowest BCUT2D eigenvalue weighted by molar-refractivity contribution is 0.101. The zero-order valence-electron chi connectivity index (χ0n) is 10.1. The number of nitrogens with one attached hydrogen (secondary N) is 1. The molecule has 0 fully saturated rings. The topological polar surface area (TPSA) is 59.8 Å². The predicted molar refractivity (Wildman–Crippen MR) is 72.5 cm³/mol. The largest absolute Gasteiger partial charge is 0.340 e. The summed E-state index contributed by atoms with van der Waals surface area (Å²) in [5.41, 5.74) is 0.586. The van der Waals surface area contributed by atoms with E-state index in [4.69, 9.17) is 0 Å². The predicted octanol–water partition coefficient (Wildman–Crippen LogP) is 2.87. The maximum atomic E-state index is 12.1. The molecular weight excluding hydrogens is 296 g/mol. The molecule has 0 saturated heterocycles. The third kappa shape index (κ3) is 2.76. The molecule has 0 spiro atoms. The number of aromatic nitrogens is 3. The van der Waals surface area contributed by atoms with Crippen molar-refractivity contribution in [3.63, 3.8) is 0 Å². The number of halogens is 1. The first-order valence-corrected chi connectivity index (χ1v) is 6.33. The number of hydrogen-bond donors (Lipinski definition) is 1. The average molecular weight is 309 g/mol. The lowest BCUT2D eigenvalue weighted by atomic mass is 10.3. The van der Waals surface area contributed by atoms with E-state index in [2.05, 4.69) is 31.4 Å². The van der Waals surface area contributed by atoms with Crippen LogP contribution < -0.4 is 5.32 Å². The van der Waals surface area contributed by atoms with Crippen LogP contribution in [0.3, 0.4) is 0 Å². The second-order valence-electron chi connectivity index (χ2n) is 4.11. The second kappa shape index (κ2) is 5.30. The maximum Gasteiger partial charge on any atom is 0.273 e. The molecule has 2 rings (SSSR count). The molecule has 2 aromatic rings. The number of amides is 1. The Morgan fingerprint density at radius 1 is 1.50 bits per heavy atom. The van der Waals surface area contributed by atoms with Gasteiger partial charge in [0, 0.05) is 22.9 Å². The van der Waals surface area contributed by atoms with Crippen LogP contribution in [0.25, 0.3) is 0 Å². The lowest BCUT2D eigenvalue weighted by Gasteiger charge is -2.12. The Kier molecular flexibility index (Phi) is 3.76. The van der Waals surface area contributed by atoms with Crippen LogP contribution in [0.4, 0.5) is 5.82 Å².